The monoisotopic (exact) mass is 944 g/mol. The predicted octanol–water partition coefficient (Wildman–Crippen LogP) is 9.46. The summed E-state index contributed by atoms with van der Waals surface area (Å²) in [4.78, 5) is 0. The molecular weight excluding hydrogens is 894 g/mol. The van der Waals surface area contributed by atoms with Crippen LogP contribution in [0.2, 0.25) is 10.0 Å². The maximum Gasteiger partial charge on any atom is -1.00 e. The first kappa shape index (κ1) is 46.2. The van der Waals surface area contributed by atoms with Gasteiger partial charge in [0.05, 0.1) is 0 Å². The Bertz CT molecular complexity index is 2480. The quantitative estimate of drug-likeness (QED) is 0.102. The van der Waals surface area contributed by atoms with Gasteiger partial charge < -0.3 is 24.8 Å². The van der Waals surface area contributed by atoms with Crippen LogP contribution in [0, 0.1) is 0 Å². The zero-order chi connectivity index (χ0) is 40.2. The minimum absolute atomic E-state index is 0. The number of halogens is 4. The van der Waals surface area contributed by atoms with Crippen molar-refractivity contribution in [3.8, 4) is 33.4 Å². The van der Waals surface area contributed by atoms with E-state index in [-0.39, 0.29) is 24.8 Å². The van der Waals surface area contributed by atoms with E-state index in [4.69, 9.17) is 23.2 Å². The Labute approximate surface area is 389 Å². The van der Waals surface area contributed by atoms with Gasteiger partial charge in [-0.1, -0.05) is 0 Å². The molecule has 0 aromatic heterocycles. The SMILES string of the molecule is CCCC(C)c1cc2c(cc1-c1ccccc1)Cc1c-2cc(C(C)CCC)c(-c2ccccc2)[c]1[Zr+2]([C]1=CC=CC1)=[C](Cc1cccc(Cl)c1)Cc1cccc(Cl)c1.[Cl-].[Cl-]. The summed E-state index contributed by atoms with van der Waals surface area (Å²) in [6.45, 7) is 9.57. The predicted molar refractivity (Wildman–Crippen MR) is 249 cm³/mol. The van der Waals surface area contributed by atoms with Gasteiger partial charge in [-0.05, 0) is 0 Å². The van der Waals surface area contributed by atoms with Crippen LogP contribution in [0.15, 0.2) is 149 Å². The largest absolute Gasteiger partial charge is 1.00 e. The summed E-state index contributed by atoms with van der Waals surface area (Å²) in [5.41, 5.74) is 17.1. The van der Waals surface area contributed by atoms with Crippen molar-refractivity contribution in [2.45, 2.75) is 90.9 Å². The molecule has 0 saturated heterocycles. The molecule has 0 radical (unpaired) electrons. The van der Waals surface area contributed by atoms with E-state index in [0.717, 1.165) is 48.6 Å². The van der Waals surface area contributed by atoms with Crippen molar-refractivity contribution in [1.82, 2.24) is 0 Å². The number of benzene rings is 6. The van der Waals surface area contributed by atoms with Crippen molar-refractivity contribution in [3.05, 3.63) is 192 Å². The third kappa shape index (κ3) is 9.99. The van der Waals surface area contributed by atoms with Gasteiger partial charge in [-0.3, -0.25) is 0 Å². The van der Waals surface area contributed by atoms with Crippen LogP contribution in [0.4, 0.5) is 0 Å². The van der Waals surface area contributed by atoms with Gasteiger partial charge in [0.1, 0.15) is 0 Å². The number of hydrogen-bond acceptors (Lipinski definition) is 0. The fraction of sp³-hybridized carbons (Fsp3) is 0.255. The maximum absolute atomic E-state index is 6.73. The van der Waals surface area contributed by atoms with Crippen LogP contribution in [0.25, 0.3) is 33.4 Å². The fourth-order valence-corrected chi connectivity index (χ4v) is 18.8. The molecule has 0 saturated carbocycles. The average Bonchev–Trinajstić information content (AvgIpc) is 3.89. The number of fused-ring (bicyclic) bond motifs is 3. The van der Waals surface area contributed by atoms with Gasteiger partial charge in [-0.15, -0.1) is 0 Å². The van der Waals surface area contributed by atoms with Crippen LogP contribution in [-0.2, 0) is 40.5 Å². The number of hydrogen-bond donors (Lipinski definition) is 0. The Morgan fingerprint density at radius 3 is 1.73 bits per heavy atom. The maximum atomic E-state index is 6.73. The second kappa shape index (κ2) is 21.2. The van der Waals surface area contributed by atoms with Crippen LogP contribution in [-0.4, -0.2) is 3.21 Å². The van der Waals surface area contributed by atoms with Gasteiger partial charge in [0.15, 0.2) is 0 Å². The first-order valence-corrected chi connectivity index (χ1v) is 25.8. The molecule has 0 amide bonds. The molecule has 0 N–H and O–H groups in total. The molecule has 5 heteroatoms. The number of allylic oxidation sites excluding steroid dienone is 4. The van der Waals surface area contributed by atoms with E-state index < -0.39 is 21.3 Å². The Kier molecular flexibility index (Phi) is 16.3. The summed E-state index contributed by atoms with van der Waals surface area (Å²) in [7, 11) is 0. The zero-order valence-electron chi connectivity index (χ0n) is 35.2. The smallest absolute Gasteiger partial charge is 1.00 e. The standard InChI is InChI=1S/C35H37.C15H12Cl2.C5H5.2ClH.Zr/c1-5-13-24(3)30-22-34-28(20-32(30)26-15-9-7-10-16-26)19-29-21-33(27-17-11-8-12-18-27)31(23-35(29)34)25(4)14-6-2;16-14-8-2-6-12(10-14)4-1-5-13-7-3-9-15(17)11-13;1-2-4-5-3-1;;;/h7-12,15-18,20,22-25H,5-6,13-14,19H2,1-4H3;2-3,6-11H,4-5H2;1-3H,4H2;2*1H;/q;;;;;+2/p-2. The van der Waals surface area contributed by atoms with Crippen molar-refractivity contribution in [2.75, 3.05) is 0 Å². The van der Waals surface area contributed by atoms with E-state index >= 15 is 0 Å². The molecule has 6 aromatic rings. The van der Waals surface area contributed by atoms with Gasteiger partial charge in [-0.25, -0.2) is 0 Å². The molecule has 6 aromatic carbocycles. The molecule has 0 aliphatic heterocycles. The van der Waals surface area contributed by atoms with Crippen molar-refractivity contribution in [3.63, 3.8) is 0 Å². The first-order chi connectivity index (χ1) is 28.3. The topological polar surface area (TPSA) is 0 Å². The van der Waals surface area contributed by atoms with Crippen molar-refractivity contribution in [1.29, 1.82) is 0 Å². The molecule has 2 aliphatic rings. The van der Waals surface area contributed by atoms with Gasteiger partial charge in [-0.2, -0.15) is 0 Å². The molecule has 2 unspecified atom stereocenters. The molecule has 2 aliphatic carbocycles. The molecule has 8 rings (SSSR count). The van der Waals surface area contributed by atoms with E-state index in [1.165, 1.54) is 74.0 Å². The normalized spacial score (nSPS) is 13.2. The van der Waals surface area contributed by atoms with Gasteiger partial charge >= 0.3 is 368 Å². The Hall–Kier alpha value is -3.29. The molecule has 2 atom stereocenters. The Balaban J connectivity index is 0.00000302. The van der Waals surface area contributed by atoms with Crippen molar-refractivity contribution in [2.24, 2.45) is 0 Å². The summed E-state index contributed by atoms with van der Waals surface area (Å²) in [5.74, 6) is 0.882. The van der Waals surface area contributed by atoms with Crippen molar-refractivity contribution >= 4 is 29.7 Å². The van der Waals surface area contributed by atoms with Crippen molar-refractivity contribution < 1.29 is 46.1 Å². The van der Waals surface area contributed by atoms with Crippen LogP contribution < -0.4 is 28.1 Å². The van der Waals surface area contributed by atoms with Gasteiger partial charge in [0.25, 0.3) is 0 Å². The fourth-order valence-electron chi connectivity index (χ4n) is 9.67. The molecule has 0 nitrogen and oxygen atoms in total. The molecule has 0 spiro atoms. The van der Waals surface area contributed by atoms with E-state index in [2.05, 4.69) is 161 Å². The van der Waals surface area contributed by atoms with E-state index in [9.17, 15) is 0 Å². The van der Waals surface area contributed by atoms with E-state index in [0.29, 0.717) is 11.8 Å². The van der Waals surface area contributed by atoms with Crippen LogP contribution in [0.3, 0.4) is 0 Å². The Morgan fingerprint density at radius 2 is 1.18 bits per heavy atom. The minimum Gasteiger partial charge on any atom is -1.00 e. The van der Waals surface area contributed by atoms with Gasteiger partial charge in [0, 0.05) is 0 Å². The third-order valence-electron chi connectivity index (χ3n) is 12.4. The van der Waals surface area contributed by atoms with Gasteiger partial charge in [0.2, 0.25) is 0 Å². The second-order valence-electron chi connectivity index (χ2n) is 16.5. The third-order valence-corrected chi connectivity index (χ3v) is 20.5. The summed E-state index contributed by atoms with van der Waals surface area (Å²) in [5, 5.41) is 1.59. The molecule has 0 fully saturated rings. The molecular formula is C55H54Cl4Zr. The van der Waals surface area contributed by atoms with Crippen LogP contribution >= 0.6 is 23.2 Å². The second-order valence-corrected chi connectivity index (χ2v) is 23.8. The molecule has 0 bridgehead atoms. The first-order valence-electron chi connectivity index (χ1n) is 21.4. The van der Waals surface area contributed by atoms with E-state index in [1.807, 2.05) is 12.1 Å². The summed E-state index contributed by atoms with van der Waals surface area (Å²) < 4.78 is 5.00. The number of rotatable bonds is 14. The summed E-state index contributed by atoms with van der Waals surface area (Å²) in [6.07, 6.45) is 15.6. The molecule has 306 valence electrons. The Morgan fingerprint density at radius 1 is 0.617 bits per heavy atom. The van der Waals surface area contributed by atoms with E-state index in [1.54, 1.807) is 15.3 Å². The minimum atomic E-state index is -2.99. The van der Waals surface area contributed by atoms with Crippen LogP contribution in [0.1, 0.15) is 105 Å². The average molecular weight is 948 g/mol. The zero-order valence-corrected chi connectivity index (χ0v) is 40.7. The molecule has 0 heterocycles. The molecule has 60 heavy (non-hydrogen) atoms. The summed E-state index contributed by atoms with van der Waals surface area (Å²) in [6, 6.07) is 47.5. The summed E-state index contributed by atoms with van der Waals surface area (Å²) >= 11 is 10.5. The van der Waals surface area contributed by atoms with Crippen LogP contribution in [0.5, 0.6) is 0 Å².